The molecule has 5 heteroatoms. The summed E-state index contributed by atoms with van der Waals surface area (Å²) < 4.78 is 0. The van der Waals surface area contributed by atoms with Crippen molar-refractivity contribution in [2.75, 3.05) is 10.6 Å². The van der Waals surface area contributed by atoms with Gasteiger partial charge in [0.15, 0.2) is 0 Å². The number of carbonyl (C=O) groups is 2. The highest BCUT2D eigenvalue weighted by molar-refractivity contribution is 6.08. The molecule has 128 valence electrons. The third kappa shape index (κ3) is 4.67. The molecule has 0 aliphatic heterocycles. The molecule has 0 aromatic heterocycles. The van der Waals surface area contributed by atoms with Crippen molar-refractivity contribution in [1.29, 1.82) is 5.26 Å². The van der Waals surface area contributed by atoms with Gasteiger partial charge >= 0.3 is 0 Å². The van der Waals surface area contributed by atoms with E-state index in [-0.39, 0.29) is 18.2 Å². The number of rotatable bonds is 5. The minimum atomic E-state index is -0.458. The van der Waals surface area contributed by atoms with Gasteiger partial charge in [-0.25, -0.2) is 0 Å². The third-order valence-electron chi connectivity index (χ3n) is 3.83. The molecular weight excluding hydrogens is 314 g/mol. The Bertz CT molecular complexity index is 835. The summed E-state index contributed by atoms with van der Waals surface area (Å²) in [7, 11) is 0. The van der Waals surface area contributed by atoms with E-state index in [1.165, 1.54) is 0 Å². The predicted octanol–water partition coefficient (Wildman–Crippen LogP) is 3.96. The van der Waals surface area contributed by atoms with E-state index in [1.54, 1.807) is 24.3 Å². The minimum Gasteiger partial charge on any atom is -0.325 e. The monoisotopic (exact) mass is 335 g/mol. The van der Waals surface area contributed by atoms with Crippen molar-refractivity contribution in [3.05, 3.63) is 59.2 Å². The number of amides is 2. The molecule has 0 aliphatic rings. The van der Waals surface area contributed by atoms with Crippen LogP contribution in [0.1, 0.15) is 42.9 Å². The van der Waals surface area contributed by atoms with Gasteiger partial charge in [0, 0.05) is 5.69 Å². The summed E-state index contributed by atoms with van der Waals surface area (Å²) in [6, 6.07) is 14.5. The Morgan fingerprint density at radius 2 is 1.72 bits per heavy atom. The van der Waals surface area contributed by atoms with Crippen LogP contribution in [0.3, 0.4) is 0 Å². The van der Waals surface area contributed by atoms with Gasteiger partial charge in [-0.15, -0.1) is 0 Å². The van der Waals surface area contributed by atoms with Gasteiger partial charge in [0.05, 0.1) is 11.3 Å². The molecule has 25 heavy (non-hydrogen) atoms. The molecule has 2 N–H and O–H groups in total. The number of carbonyl (C=O) groups excluding carboxylic acids is 2. The number of nitriles is 1. The van der Waals surface area contributed by atoms with E-state index in [4.69, 9.17) is 5.26 Å². The van der Waals surface area contributed by atoms with E-state index >= 15 is 0 Å². The molecule has 0 atom stereocenters. The maximum atomic E-state index is 12.3. The molecule has 2 aromatic carbocycles. The third-order valence-corrected chi connectivity index (χ3v) is 3.83. The fraction of sp³-hybridized carbons (Fsp3) is 0.250. The smallest absolute Gasteiger partial charge is 0.233 e. The number of para-hydroxylation sites is 2. The SMILES string of the molecule is Cc1cccc(C(C)C)c1NC(=O)CC(=O)Nc1ccccc1C#N. The number of hydrogen-bond acceptors (Lipinski definition) is 3. The zero-order chi connectivity index (χ0) is 18.4. The molecule has 0 saturated heterocycles. The Hall–Kier alpha value is -3.13. The first-order valence-electron chi connectivity index (χ1n) is 8.10. The van der Waals surface area contributed by atoms with Crippen LogP contribution in [-0.4, -0.2) is 11.8 Å². The highest BCUT2D eigenvalue weighted by Gasteiger charge is 2.15. The van der Waals surface area contributed by atoms with Crippen LogP contribution in [0.25, 0.3) is 0 Å². The normalized spacial score (nSPS) is 10.2. The van der Waals surface area contributed by atoms with Crippen molar-refractivity contribution in [3.63, 3.8) is 0 Å². The fourth-order valence-corrected chi connectivity index (χ4v) is 2.56. The molecule has 0 unspecified atom stereocenters. The Balaban J connectivity index is 2.06. The lowest BCUT2D eigenvalue weighted by atomic mass is 9.98. The second kappa shape index (κ2) is 8.11. The number of anilines is 2. The van der Waals surface area contributed by atoms with Gasteiger partial charge in [-0.05, 0) is 36.1 Å². The first-order valence-corrected chi connectivity index (χ1v) is 8.10. The first-order chi connectivity index (χ1) is 11.9. The molecule has 2 amide bonds. The van der Waals surface area contributed by atoms with E-state index < -0.39 is 5.91 Å². The van der Waals surface area contributed by atoms with Crippen LogP contribution in [0.15, 0.2) is 42.5 Å². The number of aryl methyl sites for hydroxylation is 1. The largest absolute Gasteiger partial charge is 0.325 e. The van der Waals surface area contributed by atoms with Gasteiger partial charge in [0.1, 0.15) is 12.5 Å². The lowest BCUT2D eigenvalue weighted by molar-refractivity contribution is -0.123. The van der Waals surface area contributed by atoms with Crippen molar-refractivity contribution < 1.29 is 9.59 Å². The lowest BCUT2D eigenvalue weighted by Crippen LogP contribution is -2.22. The van der Waals surface area contributed by atoms with E-state index in [1.807, 2.05) is 31.2 Å². The maximum Gasteiger partial charge on any atom is 0.233 e. The molecule has 5 nitrogen and oxygen atoms in total. The molecule has 0 bridgehead atoms. The van der Waals surface area contributed by atoms with E-state index in [2.05, 4.69) is 24.5 Å². The van der Waals surface area contributed by atoms with Gasteiger partial charge < -0.3 is 10.6 Å². The van der Waals surface area contributed by atoms with Gasteiger partial charge in [0.25, 0.3) is 0 Å². The van der Waals surface area contributed by atoms with Gasteiger partial charge in [-0.3, -0.25) is 9.59 Å². The Morgan fingerprint density at radius 3 is 2.40 bits per heavy atom. The molecule has 0 aliphatic carbocycles. The Labute approximate surface area is 147 Å². The molecule has 0 radical (unpaired) electrons. The van der Waals surface area contributed by atoms with E-state index in [0.29, 0.717) is 11.3 Å². The van der Waals surface area contributed by atoms with E-state index in [9.17, 15) is 9.59 Å². The predicted molar refractivity (Wildman–Crippen MR) is 98.3 cm³/mol. The minimum absolute atomic E-state index is 0.256. The topological polar surface area (TPSA) is 82.0 Å². The zero-order valence-electron chi connectivity index (χ0n) is 14.6. The summed E-state index contributed by atoms with van der Waals surface area (Å²) >= 11 is 0. The highest BCUT2D eigenvalue weighted by Crippen LogP contribution is 2.27. The molecule has 0 heterocycles. The number of benzene rings is 2. The molecule has 2 aromatic rings. The summed E-state index contributed by atoms with van der Waals surface area (Å²) in [5, 5.41) is 14.5. The van der Waals surface area contributed by atoms with Crippen LogP contribution in [0.5, 0.6) is 0 Å². The quantitative estimate of drug-likeness (QED) is 0.812. The van der Waals surface area contributed by atoms with Crippen LogP contribution in [0.4, 0.5) is 11.4 Å². The van der Waals surface area contributed by atoms with Crippen molar-refractivity contribution >= 4 is 23.2 Å². The maximum absolute atomic E-state index is 12.3. The molecule has 0 fully saturated rings. The number of nitrogens with one attached hydrogen (secondary N) is 2. The second-order valence-corrected chi connectivity index (χ2v) is 6.12. The van der Waals surface area contributed by atoms with E-state index in [0.717, 1.165) is 16.8 Å². The lowest BCUT2D eigenvalue weighted by Gasteiger charge is -2.16. The zero-order valence-corrected chi connectivity index (χ0v) is 14.6. The average Bonchev–Trinajstić information content (AvgIpc) is 2.56. The van der Waals surface area contributed by atoms with Gasteiger partial charge in [-0.2, -0.15) is 5.26 Å². The highest BCUT2D eigenvalue weighted by atomic mass is 16.2. The van der Waals surface area contributed by atoms with Crippen LogP contribution in [-0.2, 0) is 9.59 Å². The average molecular weight is 335 g/mol. The molecular formula is C20H21N3O2. The van der Waals surface area contributed by atoms with Crippen molar-refractivity contribution in [2.24, 2.45) is 0 Å². The van der Waals surface area contributed by atoms with Gasteiger partial charge in [-0.1, -0.05) is 44.2 Å². The summed E-state index contributed by atoms with van der Waals surface area (Å²) in [5.74, 6) is -0.588. The first kappa shape index (κ1) is 18.2. The molecule has 2 rings (SSSR count). The Kier molecular flexibility index (Phi) is 5.91. The summed E-state index contributed by atoms with van der Waals surface area (Å²) in [6.45, 7) is 6.02. The molecule has 0 saturated carbocycles. The summed E-state index contributed by atoms with van der Waals surface area (Å²) in [5.41, 5.74) is 3.50. The molecule has 0 spiro atoms. The van der Waals surface area contributed by atoms with Crippen LogP contribution in [0, 0.1) is 18.3 Å². The summed E-state index contributed by atoms with van der Waals surface area (Å²) in [6.07, 6.45) is -0.314. The summed E-state index contributed by atoms with van der Waals surface area (Å²) in [4.78, 5) is 24.4. The van der Waals surface area contributed by atoms with Crippen molar-refractivity contribution in [2.45, 2.75) is 33.1 Å². The second-order valence-electron chi connectivity index (χ2n) is 6.12. The van der Waals surface area contributed by atoms with Gasteiger partial charge in [0.2, 0.25) is 11.8 Å². The van der Waals surface area contributed by atoms with Crippen LogP contribution in [0.2, 0.25) is 0 Å². The number of nitrogens with zero attached hydrogens (tertiary/aromatic N) is 1. The Morgan fingerprint density at radius 1 is 1.04 bits per heavy atom. The fourth-order valence-electron chi connectivity index (χ4n) is 2.56. The van der Waals surface area contributed by atoms with Crippen LogP contribution < -0.4 is 10.6 Å². The van der Waals surface area contributed by atoms with Crippen molar-refractivity contribution in [1.82, 2.24) is 0 Å². The standard InChI is InChI=1S/C20H21N3O2/c1-13(2)16-9-6-7-14(3)20(16)23-19(25)11-18(24)22-17-10-5-4-8-15(17)12-21/h4-10,13H,11H2,1-3H3,(H,22,24)(H,23,25). The van der Waals surface area contributed by atoms with Crippen molar-refractivity contribution in [3.8, 4) is 6.07 Å². The van der Waals surface area contributed by atoms with Crippen LogP contribution >= 0.6 is 0 Å². The number of hydrogen-bond donors (Lipinski definition) is 2.